The van der Waals surface area contributed by atoms with Crippen LogP contribution in [-0.2, 0) is 15.0 Å². The highest BCUT2D eigenvalue weighted by molar-refractivity contribution is 6.51. The summed E-state index contributed by atoms with van der Waals surface area (Å²) in [6.07, 6.45) is 0. The second-order valence-electron chi connectivity index (χ2n) is 9.82. The zero-order valence-electron chi connectivity index (χ0n) is 20.7. The molecule has 0 radical (unpaired) electrons. The van der Waals surface area contributed by atoms with E-state index in [-0.39, 0.29) is 23.5 Å². The molecule has 186 valence electrons. The quantitative estimate of drug-likeness (QED) is 0.304. The number of fused-ring (bicyclic) bond motifs is 1. The van der Waals surface area contributed by atoms with Crippen molar-refractivity contribution in [2.75, 3.05) is 18.8 Å². The molecule has 2 aliphatic rings. The number of rotatable bonds is 4. The molecule has 8 nitrogen and oxygen atoms in total. The van der Waals surface area contributed by atoms with Crippen molar-refractivity contribution < 1.29 is 33.3 Å². The Balaban J connectivity index is 1.73. The van der Waals surface area contributed by atoms with Gasteiger partial charge < -0.3 is 23.7 Å². The van der Waals surface area contributed by atoms with Crippen molar-refractivity contribution in [1.82, 2.24) is 0 Å². The zero-order chi connectivity index (χ0) is 25.8. The van der Waals surface area contributed by atoms with Gasteiger partial charge in [-0.15, -0.1) is 0 Å². The number of furan rings is 1. The van der Waals surface area contributed by atoms with Crippen LogP contribution in [0.3, 0.4) is 0 Å². The first-order chi connectivity index (χ1) is 17.1. The van der Waals surface area contributed by atoms with Gasteiger partial charge in [-0.2, -0.15) is 0 Å². The van der Waals surface area contributed by atoms with Crippen molar-refractivity contribution in [3.8, 4) is 17.2 Å². The number of ketones is 1. The molecule has 0 aliphatic carbocycles. The highest BCUT2D eigenvalue weighted by atomic mass is 16.7. The first-order valence-corrected chi connectivity index (χ1v) is 11.6. The highest BCUT2D eigenvalue weighted by Gasteiger charge is 2.49. The summed E-state index contributed by atoms with van der Waals surface area (Å²) in [6.45, 7) is 7.98. The van der Waals surface area contributed by atoms with Crippen LogP contribution in [0.4, 0.5) is 5.69 Å². The van der Waals surface area contributed by atoms with Crippen molar-refractivity contribution >= 4 is 23.1 Å². The largest absolute Gasteiger partial charge is 0.507 e. The lowest BCUT2D eigenvalue weighted by molar-refractivity contribution is -0.132. The molecule has 8 heteroatoms. The van der Waals surface area contributed by atoms with E-state index in [0.717, 1.165) is 5.56 Å². The van der Waals surface area contributed by atoms with Gasteiger partial charge >= 0.3 is 0 Å². The lowest BCUT2D eigenvalue weighted by Gasteiger charge is -2.24. The minimum atomic E-state index is -0.998. The van der Waals surface area contributed by atoms with Gasteiger partial charge in [-0.25, -0.2) is 0 Å². The van der Waals surface area contributed by atoms with Gasteiger partial charge in [0.1, 0.15) is 29.1 Å². The molecule has 1 N–H and O–H groups in total. The monoisotopic (exact) mass is 489 g/mol. The van der Waals surface area contributed by atoms with Crippen LogP contribution < -0.4 is 19.1 Å². The van der Waals surface area contributed by atoms with E-state index < -0.39 is 17.7 Å². The third-order valence-corrected chi connectivity index (χ3v) is 6.43. The molecule has 36 heavy (non-hydrogen) atoms. The van der Waals surface area contributed by atoms with E-state index in [2.05, 4.69) is 0 Å². The molecule has 1 fully saturated rings. The number of aliphatic hydroxyl groups is 1. The fourth-order valence-corrected chi connectivity index (χ4v) is 4.51. The number of benzene rings is 2. The molecule has 2 aromatic carbocycles. The van der Waals surface area contributed by atoms with Crippen LogP contribution >= 0.6 is 0 Å². The van der Waals surface area contributed by atoms with Crippen LogP contribution in [0.1, 0.15) is 49.5 Å². The number of aliphatic hydroxyl groups excluding tert-OH is 1. The molecule has 1 amide bonds. The number of aryl methyl sites for hydroxylation is 1. The predicted molar refractivity (Wildman–Crippen MR) is 132 cm³/mol. The summed E-state index contributed by atoms with van der Waals surface area (Å²) in [6, 6.07) is 12.9. The first kappa shape index (κ1) is 23.5. The topological polar surface area (TPSA) is 98.4 Å². The van der Waals surface area contributed by atoms with Crippen LogP contribution in [0.25, 0.3) is 5.76 Å². The van der Waals surface area contributed by atoms with Crippen molar-refractivity contribution in [2.24, 2.45) is 0 Å². The third-order valence-electron chi connectivity index (χ3n) is 6.43. The minimum absolute atomic E-state index is 0.0717. The van der Waals surface area contributed by atoms with E-state index in [1.54, 1.807) is 49.4 Å². The normalized spacial score (nSPS) is 18.7. The average Bonchev–Trinajstić information content (AvgIpc) is 3.55. The van der Waals surface area contributed by atoms with Gasteiger partial charge in [0.05, 0.1) is 18.2 Å². The highest BCUT2D eigenvalue weighted by Crippen LogP contribution is 2.46. The second kappa shape index (κ2) is 8.48. The van der Waals surface area contributed by atoms with Gasteiger partial charge in [-0.05, 0) is 54.3 Å². The maximum absolute atomic E-state index is 13.5. The van der Waals surface area contributed by atoms with Gasteiger partial charge in [0.25, 0.3) is 11.7 Å². The Morgan fingerprint density at radius 2 is 1.78 bits per heavy atom. The smallest absolute Gasteiger partial charge is 0.300 e. The summed E-state index contributed by atoms with van der Waals surface area (Å²) in [5.41, 5.74) is 1.35. The Bertz CT molecular complexity index is 1410. The Morgan fingerprint density at radius 3 is 2.44 bits per heavy atom. The zero-order valence-corrected chi connectivity index (χ0v) is 20.7. The number of hydrogen-bond acceptors (Lipinski definition) is 7. The summed E-state index contributed by atoms with van der Waals surface area (Å²) < 4.78 is 22.2. The molecule has 1 unspecified atom stereocenters. The SMILES string of the molecule is COc1ccc(C(C)(C)C)cc1/C(O)=C1\C(=O)C(=O)N(c2ccc3c(c2)OCO3)C1c1ccc(C)o1. The van der Waals surface area contributed by atoms with E-state index in [1.807, 2.05) is 26.8 Å². The number of amides is 1. The fourth-order valence-electron chi connectivity index (χ4n) is 4.51. The summed E-state index contributed by atoms with van der Waals surface area (Å²) in [5, 5.41) is 11.6. The van der Waals surface area contributed by atoms with E-state index in [1.165, 1.54) is 12.0 Å². The van der Waals surface area contributed by atoms with Crippen molar-refractivity contribution in [3.63, 3.8) is 0 Å². The van der Waals surface area contributed by atoms with Gasteiger partial charge in [0, 0.05) is 11.8 Å². The van der Waals surface area contributed by atoms with E-state index in [0.29, 0.717) is 40.0 Å². The van der Waals surface area contributed by atoms with Gasteiger partial charge in [-0.3, -0.25) is 14.5 Å². The first-order valence-electron chi connectivity index (χ1n) is 11.6. The van der Waals surface area contributed by atoms with Crippen LogP contribution in [0.15, 0.2) is 58.5 Å². The number of ether oxygens (including phenoxy) is 3. The molecule has 1 aromatic heterocycles. The Labute approximate surface area is 208 Å². The molecule has 1 saturated heterocycles. The van der Waals surface area contributed by atoms with Crippen molar-refractivity contribution in [3.05, 3.63) is 76.8 Å². The number of carbonyl (C=O) groups is 2. The van der Waals surface area contributed by atoms with E-state index >= 15 is 0 Å². The summed E-state index contributed by atoms with van der Waals surface area (Å²) in [7, 11) is 1.49. The summed E-state index contributed by atoms with van der Waals surface area (Å²) in [5.74, 6) is 0.383. The van der Waals surface area contributed by atoms with E-state index in [4.69, 9.17) is 18.6 Å². The minimum Gasteiger partial charge on any atom is -0.507 e. The van der Waals surface area contributed by atoms with Gasteiger partial charge in [-0.1, -0.05) is 26.8 Å². The van der Waals surface area contributed by atoms with Gasteiger partial charge in [0.15, 0.2) is 11.5 Å². The Hall–Kier alpha value is -4.20. The lowest BCUT2D eigenvalue weighted by atomic mass is 9.85. The average molecular weight is 490 g/mol. The third kappa shape index (κ3) is 3.79. The van der Waals surface area contributed by atoms with Crippen LogP contribution in [0.5, 0.6) is 17.2 Å². The summed E-state index contributed by atoms with van der Waals surface area (Å²) >= 11 is 0. The lowest BCUT2D eigenvalue weighted by Crippen LogP contribution is -2.29. The summed E-state index contributed by atoms with van der Waals surface area (Å²) in [4.78, 5) is 28.2. The molecule has 3 aromatic rings. The fraction of sp³-hybridized carbons (Fsp3) is 0.286. The number of nitrogens with zero attached hydrogens (tertiary/aromatic N) is 1. The van der Waals surface area contributed by atoms with Crippen LogP contribution in [-0.4, -0.2) is 30.7 Å². The second-order valence-corrected chi connectivity index (χ2v) is 9.82. The Morgan fingerprint density at radius 1 is 1.03 bits per heavy atom. The molecule has 5 rings (SSSR count). The Kier molecular flexibility index (Phi) is 5.54. The maximum atomic E-state index is 13.5. The molecule has 0 saturated carbocycles. The van der Waals surface area contributed by atoms with Crippen LogP contribution in [0, 0.1) is 6.92 Å². The molecule has 3 heterocycles. The number of methoxy groups -OCH3 is 1. The van der Waals surface area contributed by atoms with Crippen LogP contribution in [0.2, 0.25) is 0 Å². The van der Waals surface area contributed by atoms with Gasteiger partial charge in [0.2, 0.25) is 6.79 Å². The van der Waals surface area contributed by atoms with Crippen molar-refractivity contribution in [2.45, 2.75) is 39.2 Å². The predicted octanol–water partition coefficient (Wildman–Crippen LogP) is 5.25. The number of hydrogen-bond donors (Lipinski definition) is 1. The van der Waals surface area contributed by atoms with E-state index in [9.17, 15) is 14.7 Å². The number of carbonyl (C=O) groups excluding carboxylic acids is 2. The molecule has 0 spiro atoms. The molecular formula is C28H27NO7. The van der Waals surface area contributed by atoms with Crippen molar-refractivity contribution in [1.29, 1.82) is 0 Å². The number of anilines is 1. The molecular weight excluding hydrogens is 462 g/mol. The maximum Gasteiger partial charge on any atom is 0.300 e. The molecule has 1 atom stereocenters. The molecule has 0 bridgehead atoms. The standard InChI is InChI=1S/C28H27NO7/c1-15-6-9-21(36-15)24-23(25(30)18-12-16(28(2,3)4)7-10-19(18)33-5)26(31)27(32)29(24)17-8-11-20-22(13-17)35-14-34-20/h6-13,24,30H,14H2,1-5H3/b25-23+. The number of Topliss-reactive ketones (excluding diaryl/α,β-unsaturated/α-hetero) is 1. The molecule has 2 aliphatic heterocycles.